The highest BCUT2D eigenvalue weighted by atomic mass is 79.9. The van der Waals surface area contributed by atoms with E-state index in [1.807, 2.05) is 6.07 Å². The van der Waals surface area contributed by atoms with Crippen LogP contribution in [0, 0.1) is 11.7 Å². The Morgan fingerprint density at radius 2 is 2.11 bits per heavy atom. The summed E-state index contributed by atoms with van der Waals surface area (Å²) in [5, 5.41) is 3.83. The van der Waals surface area contributed by atoms with Crippen molar-refractivity contribution in [2.45, 2.75) is 50.5 Å². The summed E-state index contributed by atoms with van der Waals surface area (Å²) in [5.41, 5.74) is 1.50. The van der Waals surface area contributed by atoms with Crippen LogP contribution in [0.15, 0.2) is 22.7 Å². The molecule has 1 aliphatic heterocycles. The highest BCUT2D eigenvalue weighted by Gasteiger charge is 2.44. The number of hydrogen-bond acceptors (Lipinski definition) is 1. The normalized spacial score (nSPS) is 28.1. The van der Waals surface area contributed by atoms with Crippen molar-refractivity contribution >= 4 is 15.9 Å². The van der Waals surface area contributed by atoms with Crippen molar-refractivity contribution in [3.05, 3.63) is 34.1 Å². The van der Waals surface area contributed by atoms with E-state index in [1.54, 1.807) is 12.1 Å². The van der Waals surface area contributed by atoms with Crippen LogP contribution < -0.4 is 5.32 Å². The Bertz CT molecular complexity index is 448. The van der Waals surface area contributed by atoms with Crippen LogP contribution in [0.5, 0.6) is 0 Å². The van der Waals surface area contributed by atoms with E-state index in [0.29, 0.717) is 0 Å². The zero-order valence-electron chi connectivity index (χ0n) is 11.2. The molecule has 0 amide bonds. The van der Waals surface area contributed by atoms with E-state index in [1.165, 1.54) is 44.1 Å². The Morgan fingerprint density at radius 1 is 1.26 bits per heavy atom. The van der Waals surface area contributed by atoms with Gasteiger partial charge in [0.15, 0.2) is 0 Å². The van der Waals surface area contributed by atoms with Crippen molar-refractivity contribution in [3.63, 3.8) is 0 Å². The summed E-state index contributed by atoms with van der Waals surface area (Å²) in [4.78, 5) is 0. The van der Waals surface area contributed by atoms with Crippen molar-refractivity contribution in [1.82, 2.24) is 5.32 Å². The van der Waals surface area contributed by atoms with E-state index >= 15 is 0 Å². The lowest BCUT2D eigenvalue weighted by atomic mass is 9.82. The summed E-state index contributed by atoms with van der Waals surface area (Å²) < 4.78 is 14.1. The van der Waals surface area contributed by atoms with Crippen molar-refractivity contribution in [2.75, 3.05) is 6.54 Å². The first kappa shape index (κ1) is 13.6. The Kier molecular flexibility index (Phi) is 3.95. The smallest absolute Gasteiger partial charge is 0.124 e. The molecule has 0 radical (unpaired) electrons. The van der Waals surface area contributed by atoms with Gasteiger partial charge in [0.2, 0.25) is 0 Å². The fourth-order valence-electron chi connectivity index (χ4n) is 3.45. The molecule has 0 bridgehead atoms. The second-order valence-corrected chi connectivity index (χ2v) is 6.93. The molecule has 3 heteroatoms. The maximum atomic E-state index is 13.2. The molecule has 104 valence electrons. The molecule has 1 aliphatic carbocycles. The van der Waals surface area contributed by atoms with Gasteiger partial charge in [0.25, 0.3) is 0 Å². The largest absolute Gasteiger partial charge is 0.311 e. The molecule has 2 aliphatic rings. The van der Waals surface area contributed by atoms with Crippen LogP contribution in [0.3, 0.4) is 0 Å². The highest BCUT2D eigenvalue weighted by Crippen LogP contribution is 2.45. The fourth-order valence-corrected chi connectivity index (χ4v) is 3.94. The molecule has 3 rings (SSSR count). The third-order valence-corrected chi connectivity index (χ3v) is 5.39. The number of halogens is 2. The lowest BCUT2D eigenvalue weighted by Gasteiger charge is -2.35. The van der Waals surface area contributed by atoms with Crippen LogP contribution in [0.4, 0.5) is 4.39 Å². The van der Waals surface area contributed by atoms with Crippen LogP contribution in [0.25, 0.3) is 0 Å². The van der Waals surface area contributed by atoms with E-state index in [-0.39, 0.29) is 11.4 Å². The minimum absolute atomic E-state index is 0.162. The first-order chi connectivity index (χ1) is 9.20. The minimum atomic E-state index is -0.162. The summed E-state index contributed by atoms with van der Waals surface area (Å²) in [5.74, 6) is 0.660. The number of benzene rings is 1. The van der Waals surface area contributed by atoms with Crippen molar-refractivity contribution in [1.29, 1.82) is 0 Å². The van der Waals surface area contributed by atoms with E-state index in [2.05, 4.69) is 21.2 Å². The van der Waals surface area contributed by atoms with E-state index < -0.39 is 0 Å². The molecule has 1 saturated heterocycles. The quantitative estimate of drug-likeness (QED) is 0.866. The highest BCUT2D eigenvalue weighted by molar-refractivity contribution is 9.10. The molecule has 1 heterocycles. The lowest BCUT2D eigenvalue weighted by molar-refractivity contribution is 0.270. The van der Waals surface area contributed by atoms with Gasteiger partial charge in [-0.1, -0.05) is 34.8 Å². The van der Waals surface area contributed by atoms with Gasteiger partial charge in [0, 0.05) is 10.0 Å². The maximum absolute atomic E-state index is 13.2. The molecule has 1 atom stereocenters. The molecule has 2 fully saturated rings. The van der Waals surface area contributed by atoms with E-state index in [4.69, 9.17) is 0 Å². The van der Waals surface area contributed by atoms with Gasteiger partial charge in [0.05, 0.1) is 0 Å². The predicted octanol–water partition coefficient (Wildman–Crippen LogP) is 4.44. The SMILES string of the molecule is Fc1ccc(CC2(C3CC3)CCCCCN2)c(Br)c1. The second-order valence-electron chi connectivity index (χ2n) is 6.08. The molecule has 0 spiro atoms. The number of hydrogen-bond donors (Lipinski definition) is 1. The van der Waals surface area contributed by atoms with Crippen molar-refractivity contribution in [2.24, 2.45) is 5.92 Å². The number of nitrogens with one attached hydrogen (secondary N) is 1. The third-order valence-electron chi connectivity index (χ3n) is 4.66. The Labute approximate surface area is 123 Å². The van der Waals surface area contributed by atoms with Crippen molar-refractivity contribution in [3.8, 4) is 0 Å². The predicted molar refractivity (Wildman–Crippen MR) is 79.7 cm³/mol. The lowest BCUT2D eigenvalue weighted by Crippen LogP contribution is -2.48. The molecule has 19 heavy (non-hydrogen) atoms. The van der Waals surface area contributed by atoms with Gasteiger partial charge in [0.1, 0.15) is 5.82 Å². The molecule has 1 N–H and O–H groups in total. The zero-order chi connectivity index (χ0) is 13.3. The molecular formula is C16H21BrFN. The average Bonchev–Trinajstić information content (AvgIpc) is 3.19. The molecule has 1 aromatic rings. The monoisotopic (exact) mass is 325 g/mol. The van der Waals surface area contributed by atoms with Gasteiger partial charge >= 0.3 is 0 Å². The van der Waals surface area contributed by atoms with Gasteiger partial charge in [-0.05, 0) is 62.3 Å². The average molecular weight is 326 g/mol. The van der Waals surface area contributed by atoms with Gasteiger partial charge < -0.3 is 5.32 Å². The van der Waals surface area contributed by atoms with Gasteiger partial charge in [-0.2, -0.15) is 0 Å². The molecular weight excluding hydrogens is 305 g/mol. The summed E-state index contributed by atoms with van der Waals surface area (Å²) in [6.45, 7) is 1.13. The zero-order valence-corrected chi connectivity index (χ0v) is 12.8. The van der Waals surface area contributed by atoms with Crippen LogP contribution in [0.2, 0.25) is 0 Å². The fraction of sp³-hybridized carbons (Fsp3) is 0.625. The molecule has 0 aromatic heterocycles. The first-order valence-electron chi connectivity index (χ1n) is 7.39. The van der Waals surface area contributed by atoms with Crippen LogP contribution in [0.1, 0.15) is 44.1 Å². The minimum Gasteiger partial charge on any atom is -0.311 e. The van der Waals surface area contributed by atoms with Crippen LogP contribution in [-0.4, -0.2) is 12.1 Å². The van der Waals surface area contributed by atoms with Crippen LogP contribution in [-0.2, 0) is 6.42 Å². The van der Waals surface area contributed by atoms with Crippen molar-refractivity contribution < 1.29 is 4.39 Å². The summed E-state index contributed by atoms with van der Waals surface area (Å²) in [6, 6.07) is 5.11. The van der Waals surface area contributed by atoms with Gasteiger partial charge in [-0.15, -0.1) is 0 Å². The standard InChI is InChI=1S/C16H21BrFN/c17-15-10-14(18)7-4-12(15)11-16(13-5-6-13)8-2-1-3-9-19-16/h4,7,10,13,19H,1-3,5-6,8-9,11H2. The Hall–Kier alpha value is -0.410. The third kappa shape index (κ3) is 3.03. The van der Waals surface area contributed by atoms with E-state index in [0.717, 1.165) is 23.4 Å². The Morgan fingerprint density at radius 3 is 2.84 bits per heavy atom. The van der Waals surface area contributed by atoms with Gasteiger partial charge in [-0.25, -0.2) is 4.39 Å². The summed E-state index contributed by atoms with van der Waals surface area (Å²) in [7, 11) is 0. The topological polar surface area (TPSA) is 12.0 Å². The Balaban J connectivity index is 1.84. The maximum Gasteiger partial charge on any atom is 0.124 e. The molecule has 1 aromatic carbocycles. The number of rotatable bonds is 3. The summed E-state index contributed by atoms with van der Waals surface area (Å²) >= 11 is 3.52. The first-order valence-corrected chi connectivity index (χ1v) is 8.18. The molecule has 1 unspecified atom stereocenters. The molecule has 1 saturated carbocycles. The molecule has 1 nitrogen and oxygen atoms in total. The van der Waals surface area contributed by atoms with Crippen LogP contribution >= 0.6 is 15.9 Å². The summed E-state index contributed by atoms with van der Waals surface area (Å²) in [6.07, 6.45) is 8.95. The van der Waals surface area contributed by atoms with E-state index in [9.17, 15) is 4.39 Å². The van der Waals surface area contributed by atoms with Gasteiger partial charge in [-0.3, -0.25) is 0 Å². The second kappa shape index (κ2) is 5.53.